The van der Waals surface area contributed by atoms with E-state index in [1.807, 2.05) is 0 Å². The van der Waals surface area contributed by atoms with Gasteiger partial charge in [0.25, 0.3) is 0 Å². The number of benzene rings is 1. The molecule has 78 valence electrons. The van der Waals surface area contributed by atoms with E-state index in [9.17, 15) is 4.39 Å². The minimum atomic E-state index is -0.224. The van der Waals surface area contributed by atoms with Gasteiger partial charge in [-0.3, -0.25) is 0 Å². The van der Waals surface area contributed by atoms with Gasteiger partial charge in [-0.15, -0.1) is 0 Å². The largest absolute Gasteiger partial charge is 0.496 e. The maximum atomic E-state index is 13.5. The van der Waals surface area contributed by atoms with Crippen LogP contribution in [0.1, 0.15) is 12.0 Å². The molecule has 1 rings (SSSR count). The second-order valence-electron chi connectivity index (χ2n) is 2.90. The molecule has 0 atom stereocenters. The molecule has 0 saturated heterocycles. The molecule has 0 N–H and O–H groups in total. The number of halogens is 2. The Bertz CT molecular complexity index is 317. The molecular formula is C10H12BrFOS. The summed E-state index contributed by atoms with van der Waals surface area (Å²) in [4.78, 5) is 0. The summed E-state index contributed by atoms with van der Waals surface area (Å²) in [5, 5.41) is 0. The van der Waals surface area contributed by atoms with Gasteiger partial charge in [-0.25, -0.2) is 4.39 Å². The van der Waals surface area contributed by atoms with Crippen LogP contribution in [0.4, 0.5) is 4.39 Å². The van der Waals surface area contributed by atoms with Gasteiger partial charge < -0.3 is 4.74 Å². The summed E-state index contributed by atoms with van der Waals surface area (Å²) < 4.78 is 19.3. The highest BCUT2D eigenvalue weighted by atomic mass is 79.9. The van der Waals surface area contributed by atoms with Crippen LogP contribution < -0.4 is 4.74 Å². The number of hydrogen-bond donors (Lipinski definition) is 1. The molecule has 0 bridgehead atoms. The number of hydrogen-bond acceptors (Lipinski definition) is 2. The second-order valence-corrected chi connectivity index (χ2v) is 4.26. The lowest BCUT2D eigenvalue weighted by molar-refractivity contribution is 0.404. The standard InChI is InChI=1S/C10H12BrFOS/c1-13-10-6-7(11)5-9(12)8(10)3-2-4-14/h5-6,14H,2-4H2,1H3. The molecular weight excluding hydrogens is 267 g/mol. The van der Waals surface area contributed by atoms with Crippen LogP contribution in [0.5, 0.6) is 5.75 Å². The van der Waals surface area contributed by atoms with E-state index in [0.29, 0.717) is 22.2 Å². The van der Waals surface area contributed by atoms with Crippen molar-refractivity contribution in [2.75, 3.05) is 12.9 Å². The third kappa shape index (κ3) is 2.89. The van der Waals surface area contributed by atoms with Gasteiger partial charge in [0, 0.05) is 10.0 Å². The van der Waals surface area contributed by atoms with E-state index in [1.54, 1.807) is 13.2 Å². The number of rotatable bonds is 4. The van der Waals surface area contributed by atoms with Gasteiger partial charge in [0.1, 0.15) is 11.6 Å². The predicted molar refractivity (Wildman–Crippen MR) is 62.8 cm³/mol. The van der Waals surface area contributed by atoms with Crippen molar-refractivity contribution in [3.8, 4) is 5.75 Å². The fourth-order valence-electron chi connectivity index (χ4n) is 1.26. The summed E-state index contributed by atoms with van der Waals surface area (Å²) in [6, 6.07) is 3.23. The average molecular weight is 279 g/mol. The number of methoxy groups -OCH3 is 1. The quantitative estimate of drug-likeness (QED) is 0.830. The second kappa shape index (κ2) is 5.61. The first-order valence-corrected chi connectivity index (χ1v) is 5.74. The Hall–Kier alpha value is -0.220. The van der Waals surface area contributed by atoms with E-state index < -0.39 is 0 Å². The van der Waals surface area contributed by atoms with Gasteiger partial charge in [0.15, 0.2) is 0 Å². The smallest absolute Gasteiger partial charge is 0.131 e. The molecule has 1 aromatic rings. The topological polar surface area (TPSA) is 9.23 Å². The van der Waals surface area contributed by atoms with E-state index >= 15 is 0 Å². The Morgan fingerprint density at radius 3 is 2.79 bits per heavy atom. The van der Waals surface area contributed by atoms with Crippen LogP contribution in [0.2, 0.25) is 0 Å². The highest BCUT2D eigenvalue weighted by Crippen LogP contribution is 2.27. The minimum absolute atomic E-state index is 0.224. The van der Waals surface area contributed by atoms with Crippen LogP contribution in [-0.2, 0) is 6.42 Å². The van der Waals surface area contributed by atoms with E-state index in [-0.39, 0.29) is 5.82 Å². The zero-order valence-electron chi connectivity index (χ0n) is 7.89. The molecule has 0 aliphatic carbocycles. The van der Waals surface area contributed by atoms with Gasteiger partial charge in [0.05, 0.1) is 7.11 Å². The molecule has 0 heterocycles. The molecule has 0 spiro atoms. The van der Waals surface area contributed by atoms with Crippen molar-refractivity contribution in [1.82, 2.24) is 0 Å². The normalized spacial score (nSPS) is 10.3. The van der Waals surface area contributed by atoms with Gasteiger partial charge in [0.2, 0.25) is 0 Å². The van der Waals surface area contributed by atoms with Gasteiger partial charge in [-0.1, -0.05) is 15.9 Å². The minimum Gasteiger partial charge on any atom is -0.496 e. The van der Waals surface area contributed by atoms with Gasteiger partial charge in [-0.2, -0.15) is 12.6 Å². The third-order valence-corrected chi connectivity index (χ3v) is 2.70. The fraction of sp³-hybridized carbons (Fsp3) is 0.400. The first kappa shape index (κ1) is 11.9. The molecule has 0 fully saturated rings. The third-order valence-electron chi connectivity index (χ3n) is 1.92. The fourth-order valence-corrected chi connectivity index (χ4v) is 1.83. The summed E-state index contributed by atoms with van der Waals surface area (Å²) in [7, 11) is 1.55. The zero-order valence-corrected chi connectivity index (χ0v) is 10.4. The monoisotopic (exact) mass is 278 g/mol. The van der Waals surface area contributed by atoms with Crippen molar-refractivity contribution in [2.45, 2.75) is 12.8 Å². The van der Waals surface area contributed by atoms with Gasteiger partial charge >= 0.3 is 0 Å². The maximum Gasteiger partial charge on any atom is 0.131 e. The lowest BCUT2D eigenvalue weighted by Crippen LogP contribution is -1.97. The van der Waals surface area contributed by atoms with Crippen molar-refractivity contribution in [1.29, 1.82) is 0 Å². The first-order valence-electron chi connectivity index (χ1n) is 4.31. The molecule has 0 unspecified atom stereocenters. The first-order chi connectivity index (χ1) is 6.69. The van der Waals surface area contributed by atoms with Crippen molar-refractivity contribution < 1.29 is 9.13 Å². The van der Waals surface area contributed by atoms with Gasteiger partial charge in [-0.05, 0) is 30.7 Å². The SMILES string of the molecule is COc1cc(Br)cc(F)c1CCCS. The van der Waals surface area contributed by atoms with Crippen LogP contribution in [0.3, 0.4) is 0 Å². The van der Waals surface area contributed by atoms with Crippen molar-refractivity contribution in [3.63, 3.8) is 0 Å². The molecule has 4 heteroatoms. The molecule has 0 aliphatic rings. The summed E-state index contributed by atoms with van der Waals surface area (Å²) in [6.07, 6.45) is 1.50. The van der Waals surface area contributed by atoms with Crippen LogP contribution >= 0.6 is 28.6 Å². The molecule has 14 heavy (non-hydrogen) atoms. The molecule has 0 aliphatic heterocycles. The summed E-state index contributed by atoms with van der Waals surface area (Å²) >= 11 is 7.32. The van der Waals surface area contributed by atoms with Crippen molar-refractivity contribution in [2.24, 2.45) is 0 Å². The Balaban J connectivity index is 2.99. The zero-order chi connectivity index (χ0) is 10.6. The van der Waals surface area contributed by atoms with E-state index in [2.05, 4.69) is 28.6 Å². The molecule has 1 aromatic carbocycles. The highest BCUT2D eigenvalue weighted by molar-refractivity contribution is 9.10. The van der Waals surface area contributed by atoms with Crippen LogP contribution in [0, 0.1) is 5.82 Å². The Kier molecular flexibility index (Phi) is 4.75. The van der Waals surface area contributed by atoms with E-state index in [0.717, 1.165) is 12.2 Å². The number of ether oxygens (including phenoxy) is 1. The summed E-state index contributed by atoms with van der Waals surface area (Å²) in [5.41, 5.74) is 0.629. The highest BCUT2D eigenvalue weighted by Gasteiger charge is 2.10. The molecule has 0 aromatic heterocycles. The predicted octanol–water partition coefficient (Wildman–Crippen LogP) is 3.46. The van der Waals surface area contributed by atoms with Crippen LogP contribution in [0.25, 0.3) is 0 Å². The summed E-state index contributed by atoms with van der Waals surface area (Å²) in [6.45, 7) is 0. The van der Waals surface area contributed by atoms with Crippen LogP contribution in [0.15, 0.2) is 16.6 Å². The summed E-state index contributed by atoms with van der Waals surface area (Å²) in [5.74, 6) is 1.12. The number of thiol groups is 1. The average Bonchev–Trinajstić information content (AvgIpc) is 2.15. The van der Waals surface area contributed by atoms with Crippen molar-refractivity contribution in [3.05, 3.63) is 28.0 Å². The molecule has 0 amide bonds. The maximum absolute atomic E-state index is 13.5. The Morgan fingerprint density at radius 2 is 2.21 bits per heavy atom. The lowest BCUT2D eigenvalue weighted by atomic mass is 10.1. The molecule has 0 saturated carbocycles. The molecule has 1 nitrogen and oxygen atoms in total. The van der Waals surface area contributed by atoms with Crippen LogP contribution in [-0.4, -0.2) is 12.9 Å². The van der Waals surface area contributed by atoms with Crippen molar-refractivity contribution >= 4 is 28.6 Å². The lowest BCUT2D eigenvalue weighted by Gasteiger charge is -2.09. The van der Waals surface area contributed by atoms with E-state index in [1.165, 1.54) is 6.07 Å². The Labute approximate surface area is 97.2 Å². The Morgan fingerprint density at radius 1 is 1.50 bits per heavy atom. The van der Waals surface area contributed by atoms with E-state index in [4.69, 9.17) is 4.74 Å². The molecule has 0 radical (unpaired) electrons.